The Morgan fingerprint density at radius 2 is 2.00 bits per heavy atom. The van der Waals surface area contributed by atoms with Crippen molar-refractivity contribution in [2.75, 3.05) is 4.90 Å². The molecule has 0 aromatic carbocycles. The number of amides is 1. The molecule has 0 atom stereocenters. The largest absolute Gasteiger partial charge is 0.478 e. The summed E-state index contributed by atoms with van der Waals surface area (Å²) in [4.78, 5) is 23.0. The minimum Gasteiger partial charge on any atom is -0.478 e. The lowest BCUT2D eigenvalue weighted by Crippen LogP contribution is -2.43. The van der Waals surface area contributed by atoms with E-state index in [1.807, 2.05) is 0 Å². The highest BCUT2D eigenvalue weighted by atomic mass is 32.1. The van der Waals surface area contributed by atoms with Gasteiger partial charge in [-0.15, -0.1) is 0 Å². The highest BCUT2D eigenvalue weighted by molar-refractivity contribution is 7.11. The number of carboxylic acids is 1. The second-order valence-corrected chi connectivity index (χ2v) is 4.91. The number of aryl methyl sites for hydroxylation is 1. The molecule has 5 nitrogen and oxygen atoms in total. The molecule has 1 aliphatic rings. The van der Waals surface area contributed by atoms with E-state index >= 15 is 0 Å². The van der Waals surface area contributed by atoms with Crippen molar-refractivity contribution >= 4 is 28.4 Å². The molecule has 1 saturated carbocycles. The van der Waals surface area contributed by atoms with Crippen molar-refractivity contribution in [1.29, 1.82) is 0 Å². The number of aromatic carboxylic acids is 1. The zero-order valence-corrected chi connectivity index (χ0v) is 10.5. The van der Waals surface area contributed by atoms with Crippen molar-refractivity contribution in [3.05, 3.63) is 11.3 Å². The fourth-order valence-electron chi connectivity index (χ4n) is 1.66. The Bertz CT molecular complexity index is 537. The summed E-state index contributed by atoms with van der Waals surface area (Å²) in [6.07, 6.45) is -4.17. The molecule has 104 valence electrons. The summed E-state index contributed by atoms with van der Waals surface area (Å²) in [6, 6.07) is -0.591. The molecule has 0 unspecified atom stereocenters. The first-order valence-electron chi connectivity index (χ1n) is 5.33. The van der Waals surface area contributed by atoms with Crippen molar-refractivity contribution in [2.24, 2.45) is 0 Å². The molecular weight excluding hydrogens is 285 g/mol. The lowest BCUT2D eigenvalue weighted by atomic mass is 10.2. The summed E-state index contributed by atoms with van der Waals surface area (Å²) in [6.45, 7) is 1.38. The number of hydrogen-bond donors (Lipinski definition) is 1. The Balaban J connectivity index is 2.46. The van der Waals surface area contributed by atoms with Gasteiger partial charge in [0.15, 0.2) is 0 Å². The van der Waals surface area contributed by atoms with Crippen LogP contribution < -0.4 is 4.90 Å². The Morgan fingerprint density at radius 1 is 1.42 bits per heavy atom. The highest BCUT2D eigenvalue weighted by Gasteiger charge is 2.49. The number of hydrogen-bond acceptors (Lipinski definition) is 4. The molecule has 0 saturated heterocycles. The predicted molar refractivity (Wildman–Crippen MR) is 60.4 cm³/mol. The molecule has 2 rings (SSSR count). The molecule has 9 heteroatoms. The standard InChI is InChI=1S/C10H9F3N2O3S/c1-4-6(8(16)17)7(19-14-4)15(5-2-3-5)9(18)10(11,12)13/h5H,2-3H2,1H3,(H,16,17). The van der Waals surface area contributed by atoms with Crippen LogP contribution >= 0.6 is 11.5 Å². The highest BCUT2D eigenvalue weighted by Crippen LogP contribution is 2.39. The summed E-state index contributed by atoms with van der Waals surface area (Å²) < 4.78 is 41.4. The van der Waals surface area contributed by atoms with E-state index < -0.39 is 24.1 Å². The molecule has 1 heterocycles. The van der Waals surface area contributed by atoms with E-state index in [4.69, 9.17) is 5.11 Å². The van der Waals surface area contributed by atoms with Crippen LogP contribution in [0.25, 0.3) is 0 Å². The Hall–Kier alpha value is -1.64. The molecule has 0 aliphatic heterocycles. The van der Waals surface area contributed by atoms with Crippen LogP contribution in [0.2, 0.25) is 0 Å². The number of rotatable bonds is 3. The predicted octanol–water partition coefficient (Wildman–Crippen LogP) is 2.21. The first kappa shape index (κ1) is 13.8. The maximum absolute atomic E-state index is 12.6. The maximum Gasteiger partial charge on any atom is 0.471 e. The van der Waals surface area contributed by atoms with E-state index in [9.17, 15) is 22.8 Å². The van der Waals surface area contributed by atoms with Gasteiger partial charge in [-0.05, 0) is 31.3 Å². The van der Waals surface area contributed by atoms with Crippen LogP contribution in [0.3, 0.4) is 0 Å². The van der Waals surface area contributed by atoms with Crippen molar-refractivity contribution in [2.45, 2.75) is 32.0 Å². The number of anilines is 1. The van der Waals surface area contributed by atoms with E-state index in [0.717, 1.165) is 0 Å². The van der Waals surface area contributed by atoms with Crippen LogP contribution in [0, 0.1) is 6.92 Å². The van der Waals surface area contributed by atoms with Gasteiger partial charge in [-0.3, -0.25) is 9.69 Å². The number of nitrogens with zero attached hydrogens (tertiary/aromatic N) is 2. The molecular formula is C10H9F3N2O3S. The minimum atomic E-state index is -5.03. The van der Waals surface area contributed by atoms with E-state index in [1.54, 1.807) is 0 Å². The summed E-state index contributed by atoms with van der Waals surface area (Å²) >= 11 is 0.600. The molecule has 0 spiro atoms. The van der Waals surface area contributed by atoms with Gasteiger partial charge in [-0.25, -0.2) is 4.79 Å². The lowest BCUT2D eigenvalue weighted by Gasteiger charge is -2.22. The quantitative estimate of drug-likeness (QED) is 0.927. The van der Waals surface area contributed by atoms with Gasteiger partial charge in [0.2, 0.25) is 0 Å². The number of aromatic nitrogens is 1. The average Bonchev–Trinajstić information content (AvgIpc) is 3.01. The summed E-state index contributed by atoms with van der Waals surface area (Å²) in [5.41, 5.74) is -0.234. The third-order valence-corrected chi connectivity index (χ3v) is 3.59. The summed E-state index contributed by atoms with van der Waals surface area (Å²) in [5.74, 6) is -3.43. The van der Waals surface area contributed by atoms with Gasteiger partial charge in [0.25, 0.3) is 0 Å². The van der Waals surface area contributed by atoms with Crippen molar-refractivity contribution < 1.29 is 27.9 Å². The zero-order valence-electron chi connectivity index (χ0n) is 9.69. The molecule has 1 aromatic rings. The van der Waals surface area contributed by atoms with Crippen molar-refractivity contribution in [1.82, 2.24) is 4.37 Å². The lowest BCUT2D eigenvalue weighted by molar-refractivity contribution is -0.170. The van der Waals surface area contributed by atoms with Crippen molar-refractivity contribution in [3.8, 4) is 0 Å². The molecule has 1 N–H and O–H groups in total. The van der Waals surface area contributed by atoms with Crippen LogP contribution in [-0.2, 0) is 4.79 Å². The van der Waals surface area contributed by atoms with E-state index in [0.29, 0.717) is 29.3 Å². The normalized spacial score (nSPS) is 15.4. The number of carbonyl (C=O) groups is 2. The first-order valence-corrected chi connectivity index (χ1v) is 6.10. The van der Waals surface area contributed by atoms with E-state index in [2.05, 4.69) is 4.37 Å². The minimum absolute atomic E-state index is 0.105. The van der Waals surface area contributed by atoms with Crippen LogP contribution in [0.5, 0.6) is 0 Å². The zero-order chi connectivity index (χ0) is 14.4. The van der Waals surface area contributed by atoms with E-state index in [1.165, 1.54) is 6.92 Å². The smallest absolute Gasteiger partial charge is 0.471 e. The Morgan fingerprint density at radius 3 is 2.42 bits per heavy atom. The third-order valence-electron chi connectivity index (χ3n) is 2.65. The molecule has 0 radical (unpaired) electrons. The fraction of sp³-hybridized carbons (Fsp3) is 0.500. The molecule has 1 fully saturated rings. The first-order chi connectivity index (χ1) is 8.73. The van der Waals surface area contributed by atoms with Gasteiger partial charge in [0.1, 0.15) is 10.6 Å². The molecule has 1 amide bonds. The molecule has 1 aliphatic carbocycles. The fourth-order valence-corrected chi connectivity index (χ4v) is 2.62. The van der Waals surface area contributed by atoms with Gasteiger partial charge < -0.3 is 5.11 Å². The monoisotopic (exact) mass is 294 g/mol. The summed E-state index contributed by atoms with van der Waals surface area (Å²) in [5, 5.41) is 8.78. The van der Waals surface area contributed by atoms with Crippen LogP contribution in [-0.4, -0.2) is 33.6 Å². The van der Waals surface area contributed by atoms with Gasteiger partial charge in [0, 0.05) is 6.04 Å². The average molecular weight is 294 g/mol. The van der Waals surface area contributed by atoms with Crippen LogP contribution in [0.1, 0.15) is 28.9 Å². The number of alkyl halides is 3. The number of carbonyl (C=O) groups excluding carboxylic acids is 1. The van der Waals surface area contributed by atoms with Gasteiger partial charge in [-0.2, -0.15) is 17.5 Å². The Labute approximate surface area is 109 Å². The van der Waals surface area contributed by atoms with E-state index in [-0.39, 0.29) is 16.3 Å². The molecule has 1 aromatic heterocycles. The van der Waals surface area contributed by atoms with Gasteiger partial charge in [-0.1, -0.05) is 0 Å². The van der Waals surface area contributed by atoms with Crippen LogP contribution in [0.15, 0.2) is 0 Å². The molecule has 19 heavy (non-hydrogen) atoms. The van der Waals surface area contributed by atoms with Gasteiger partial charge >= 0.3 is 18.1 Å². The second kappa shape index (κ2) is 4.48. The molecule has 0 bridgehead atoms. The van der Waals surface area contributed by atoms with Gasteiger partial charge in [0.05, 0.1) is 5.69 Å². The number of carboxylic acid groups (broad SMARTS) is 1. The maximum atomic E-state index is 12.6. The SMILES string of the molecule is Cc1nsc(N(C(=O)C(F)(F)F)C2CC2)c1C(=O)O. The summed E-state index contributed by atoms with van der Waals surface area (Å²) in [7, 11) is 0. The topological polar surface area (TPSA) is 70.5 Å². The number of halogens is 3. The third kappa shape index (κ3) is 2.55. The second-order valence-electron chi connectivity index (χ2n) is 4.16. The van der Waals surface area contributed by atoms with Crippen molar-refractivity contribution in [3.63, 3.8) is 0 Å². The Kier molecular flexibility index (Phi) is 3.25. The van der Waals surface area contributed by atoms with Crippen LogP contribution in [0.4, 0.5) is 18.2 Å².